The first-order chi connectivity index (χ1) is 7.11. The number of carbonyl (C=O) groups excluding carboxylic acids is 1. The minimum atomic E-state index is 0.0868. The van der Waals surface area contributed by atoms with E-state index in [1.807, 2.05) is 6.07 Å². The summed E-state index contributed by atoms with van der Waals surface area (Å²) in [6, 6.07) is 3.72. The van der Waals surface area contributed by atoms with Gasteiger partial charge >= 0.3 is 0 Å². The molecule has 0 amide bonds. The summed E-state index contributed by atoms with van der Waals surface area (Å²) in [5, 5.41) is 0.499. The second-order valence-corrected chi connectivity index (χ2v) is 4.42. The Balaban J connectivity index is 2.64. The van der Waals surface area contributed by atoms with Crippen molar-refractivity contribution < 1.29 is 9.53 Å². The van der Waals surface area contributed by atoms with E-state index in [9.17, 15) is 4.79 Å². The number of fused-ring (bicyclic) bond motifs is 1. The highest BCUT2D eigenvalue weighted by Gasteiger charge is 2.25. The highest BCUT2D eigenvalue weighted by atomic mass is 35.5. The standard InChI is InChI=1S/C12H13ClO2/c1-7(2)8-3-4-9(13)11-10(14)5-6-15-12(8)11/h3-4,7H,5-6H2,1-2H3. The fourth-order valence-electron chi connectivity index (χ4n) is 1.82. The number of carbonyl (C=O) groups is 1. The molecule has 1 aliphatic rings. The van der Waals surface area contributed by atoms with Gasteiger partial charge in [-0.1, -0.05) is 31.5 Å². The summed E-state index contributed by atoms with van der Waals surface area (Å²) in [6.45, 7) is 4.61. The largest absolute Gasteiger partial charge is 0.492 e. The molecule has 1 aromatic carbocycles. The monoisotopic (exact) mass is 224 g/mol. The minimum absolute atomic E-state index is 0.0868. The van der Waals surface area contributed by atoms with Crippen LogP contribution in [-0.2, 0) is 0 Å². The van der Waals surface area contributed by atoms with Crippen LogP contribution in [0.5, 0.6) is 5.75 Å². The van der Waals surface area contributed by atoms with E-state index in [-0.39, 0.29) is 5.78 Å². The topological polar surface area (TPSA) is 26.3 Å². The maximum absolute atomic E-state index is 11.7. The zero-order chi connectivity index (χ0) is 11.0. The van der Waals surface area contributed by atoms with Crippen molar-refractivity contribution in [1.82, 2.24) is 0 Å². The Morgan fingerprint density at radius 2 is 2.13 bits per heavy atom. The van der Waals surface area contributed by atoms with Crippen LogP contribution in [0.3, 0.4) is 0 Å². The molecule has 0 saturated carbocycles. The van der Waals surface area contributed by atoms with Crippen molar-refractivity contribution in [2.45, 2.75) is 26.2 Å². The number of ether oxygens (including phenoxy) is 1. The SMILES string of the molecule is CC(C)c1ccc(Cl)c2c1OCCC2=O. The molecule has 0 spiro atoms. The molecule has 0 radical (unpaired) electrons. The van der Waals surface area contributed by atoms with Crippen molar-refractivity contribution >= 4 is 17.4 Å². The number of halogens is 1. The van der Waals surface area contributed by atoms with E-state index in [1.165, 1.54) is 0 Å². The molecule has 0 saturated heterocycles. The Labute approximate surface area is 94.2 Å². The van der Waals surface area contributed by atoms with Crippen LogP contribution in [0, 0.1) is 0 Å². The molecule has 0 aromatic heterocycles. The Kier molecular flexibility index (Phi) is 2.70. The van der Waals surface area contributed by atoms with Crippen molar-refractivity contribution in [2.75, 3.05) is 6.61 Å². The van der Waals surface area contributed by atoms with Gasteiger partial charge in [-0.05, 0) is 17.5 Å². The lowest BCUT2D eigenvalue weighted by molar-refractivity contribution is 0.0932. The van der Waals surface area contributed by atoms with Crippen LogP contribution in [0.25, 0.3) is 0 Å². The highest BCUT2D eigenvalue weighted by molar-refractivity contribution is 6.34. The van der Waals surface area contributed by atoms with Crippen molar-refractivity contribution in [3.05, 3.63) is 28.3 Å². The maximum Gasteiger partial charge on any atom is 0.171 e. The van der Waals surface area contributed by atoms with Crippen molar-refractivity contribution in [1.29, 1.82) is 0 Å². The number of rotatable bonds is 1. The molecule has 0 atom stereocenters. The molecule has 0 bridgehead atoms. The first kappa shape index (κ1) is 10.5. The minimum Gasteiger partial charge on any atom is -0.492 e. The third-order valence-corrected chi connectivity index (χ3v) is 2.93. The van der Waals surface area contributed by atoms with Crippen LogP contribution in [0.4, 0.5) is 0 Å². The lowest BCUT2D eigenvalue weighted by Crippen LogP contribution is -2.17. The van der Waals surface area contributed by atoms with Gasteiger partial charge in [-0.3, -0.25) is 4.79 Å². The van der Waals surface area contributed by atoms with E-state index in [1.54, 1.807) is 6.07 Å². The molecule has 15 heavy (non-hydrogen) atoms. The summed E-state index contributed by atoms with van der Waals surface area (Å²) >= 11 is 6.01. The molecule has 2 nitrogen and oxygen atoms in total. The molecule has 1 aromatic rings. The van der Waals surface area contributed by atoms with Gasteiger partial charge < -0.3 is 4.74 Å². The lowest BCUT2D eigenvalue weighted by Gasteiger charge is -2.22. The molecule has 0 N–H and O–H groups in total. The van der Waals surface area contributed by atoms with Crippen LogP contribution < -0.4 is 4.74 Å². The van der Waals surface area contributed by atoms with Crippen LogP contribution in [0.15, 0.2) is 12.1 Å². The second kappa shape index (κ2) is 3.86. The van der Waals surface area contributed by atoms with Gasteiger partial charge in [0, 0.05) is 6.42 Å². The fourth-order valence-corrected chi connectivity index (χ4v) is 2.07. The van der Waals surface area contributed by atoms with Gasteiger partial charge in [0.15, 0.2) is 5.78 Å². The van der Waals surface area contributed by atoms with E-state index < -0.39 is 0 Å². The molecule has 2 rings (SSSR count). The third kappa shape index (κ3) is 1.74. The summed E-state index contributed by atoms with van der Waals surface area (Å²) in [7, 11) is 0. The molecule has 0 fully saturated rings. The summed E-state index contributed by atoms with van der Waals surface area (Å²) in [5.41, 5.74) is 1.62. The molecular weight excluding hydrogens is 212 g/mol. The number of ketones is 1. The van der Waals surface area contributed by atoms with Gasteiger partial charge in [-0.2, -0.15) is 0 Å². The molecule has 0 aliphatic carbocycles. The van der Waals surface area contributed by atoms with Crippen LogP contribution in [0.2, 0.25) is 5.02 Å². The lowest BCUT2D eigenvalue weighted by atomic mass is 9.95. The van der Waals surface area contributed by atoms with Gasteiger partial charge in [0.2, 0.25) is 0 Å². The summed E-state index contributed by atoms with van der Waals surface area (Å²) in [4.78, 5) is 11.7. The number of hydrogen-bond donors (Lipinski definition) is 0. The Morgan fingerprint density at radius 3 is 2.80 bits per heavy atom. The number of Topliss-reactive ketones (excluding diaryl/α,β-unsaturated/α-hetero) is 1. The van der Waals surface area contributed by atoms with Crippen LogP contribution in [-0.4, -0.2) is 12.4 Å². The summed E-state index contributed by atoms with van der Waals surface area (Å²) in [5.74, 6) is 1.11. The van der Waals surface area contributed by atoms with Crippen molar-refractivity contribution in [2.24, 2.45) is 0 Å². The van der Waals surface area contributed by atoms with Crippen molar-refractivity contribution in [3.63, 3.8) is 0 Å². The van der Waals surface area contributed by atoms with Gasteiger partial charge in [0.1, 0.15) is 5.75 Å². The van der Waals surface area contributed by atoms with Crippen molar-refractivity contribution in [3.8, 4) is 5.75 Å². The fraction of sp³-hybridized carbons (Fsp3) is 0.417. The summed E-state index contributed by atoms with van der Waals surface area (Å²) in [6.07, 6.45) is 0.425. The zero-order valence-electron chi connectivity index (χ0n) is 8.84. The molecule has 1 heterocycles. The van der Waals surface area contributed by atoms with E-state index in [2.05, 4.69) is 13.8 Å². The van der Waals surface area contributed by atoms with Crippen LogP contribution in [0.1, 0.15) is 42.1 Å². The molecule has 0 unspecified atom stereocenters. The second-order valence-electron chi connectivity index (χ2n) is 4.02. The van der Waals surface area contributed by atoms with Gasteiger partial charge in [-0.15, -0.1) is 0 Å². The highest BCUT2D eigenvalue weighted by Crippen LogP contribution is 2.37. The van der Waals surface area contributed by atoms with E-state index in [0.717, 1.165) is 5.56 Å². The maximum atomic E-state index is 11.7. The molecule has 1 aliphatic heterocycles. The summed E-state index contributed by atoms with van der Waals surface area (Å²) < 4.78 is 5.56. The number of hydrogen-bond acceptors (Lipinski definition) is 2. The van der Waals surface area contributed by atoms with Gasteiger partial charge in [0.25, 0.3) is 0 Å². The average molecular weight is 225 g/mol. The van der Waals surface area contributed by atoms with Gasteiger partial charge in [0.05, 0.1) is 17.2 Å². The first-order valence-corrected chi connectivity index (χ1v) is 5.47. The predicted octanol–water partition coefficient (Wildman–Crippen LogP) is 3.43. The molecular formula is C12H13ClO2. The average Bonchev–Trinajstić information content (AvgIpc) is 2.17. The van der Waals surface area contributed by atoms with Crippen LogP contribution >= 0.6 is 11.6 Å². The normalized spacial score (nSPS) is 15.1. The first-order valence-electron chi connectivity index (χ1n) is 5.09. The quantitative estimate of drug-likeness (QED) is 0.731. The van der Waals surface area contributed by atoms with E-state index in [0.29, 0.717) is 35.3 Å². The smallest absolute Gasteiger partial charge is 0.171 e. The van der Waals surface area contributed by atoms with Gasteiger partial charge in [-0.25, -0.2) is 0 Å². The predicted molar refractivity (Wildman–Crippen MR) is 60.0 cm³/mol. The number of benzene rings is 1. The van der Waals surface area contributed by atoms with E-state index in [4.69, 9.17) is 16.3 Å². The Bertz CT molecular complexity index is 410. The van der Waals surface area contributed by atoms with E-state index >= 15 is 0 Å². The third-order valence-electron chi connectivity index (χ3n) is 2.61. The Hall–Kier alpha value is -1.02. The Morgan fingerprint density at radius 1 is 1.40 bits per heavy atom. The zero-order valence-corrected chi connectivity index (χ0v) is 9.60. The molecule has 3 heteroatoms. The molecule has 80 valence electrons.